The van der Waals surface area contributed by atoms with E-state index in [0.29, 0.717) is 5.69 Å². The van der Waals surface area contributed by atoms with Crippen LogP contribution >= 0.6 is 0 Å². The van der Waals surface area contributed by atoms with Crippen molar-refractivity contribution in [3.8, 4) is 22.4 Å². The minimum atomic E-state index is -0.689. The molecule has 0 aliphatic rings. The fourth-order valence-corrected chi connectivity index (χ4v) is 2.21. The maximum Gasteiger partial charge on any atom is 0.271 e. The molecule has 108 valence electrons. The molecule has 1 aromatic heterocycles. The standard InChI is InChI=1S/C17H14N4O/c18-16-15(17(19)22)21-14(10-20-16)13-8-4-7-12(9-13)11-5-2-1-3-6-11/h1-10H,(H2,18,20)(H2,19,22). The number of nitrogens with two attached hydrogens (primary N) is 2. The molecule has 0 radical (unpaired) electrons. The van der Waals surface area contributed by atoms with Gasteiger partial charge in [-0.1, -0.05) is 48.5 Å². The molecule has 22 heavy (non-hydrogen) atoms. The number of carbonyl (C=O) groups excluding carboxylic acids is 1. The third-order valence-electron chi connectivity index (χ3n) is 3.30. The van der Waals surface area contributed by atoms with Gasteiger partial charge >= 0.3 is 0 Å². The highest BCUT2D eigenvalue weighted by molar-refractivity contribution is 5.95. The molecular formula is C17H14N4O. The van der Waals surface area contributed by atoms with Crippen molar-refractivity contribution >= 4 is 11.7 Å². The largest absolute Gasteiger partial charge is 0.382 e. The maximum absolute atomic E-state index is 11.3. The number of benzene rings is 2. The molecule has 0 spiro atoms. The zero-order valence-corrected chi connectivity index (χ0v) is 11.7. The van der Waals surface area contributed by atoms with Crippen LogP contribution in [0.3, 0.4) is 0 Å². The lowest BCUT2D eigenvalue weighted by molar-refractivity contribution is 0.0996. The first kappa shape index (κ1) is 13.8. The number of carbonyl (C=O) groups is 1. The summed E-state index contributed by atoms with van der Waals surface area (Å²) in [4.78, 5) is 19.5. The number of nitrogens with zero attached hydrogens (tertiary/aromatic N) is 2. The zero-order chi connectivity index (χ0) is 15.5. The highest BCUT2D eigenvalue weighted by atomic mass is 16.1. The number of anilines is 1. The van der Waals surface area contributed by atoms with Crippen molar-refractivity contribution in [2.45, 2.75) is 0 Å². The predicted octanol–water partition coefficient (Wildman–Crippen LogP) is 2.49. The van der Waals surface area contributed by atoms with E-state index in [1.165, 1.54) is 6.20 Å². The second kappa shape index (κ2) is 5.65. The molecule has 4 N–H and O–H groups in total. The van der Waals surface area contributed by atoms with Crippen LogP contribution in [0, 0.1) is 0 Å². The Bertz CT molecular complexity index is 831. The molecule has 5 nitrogen and oxygen atoms in total. The van der Waals surface area contributed by atoms with E-state index in [2.05, 4.69) is 9.97 Å². The summed E-state index contributed by atoms with van der Waals surface area (Å²) < 4.78 is 0. The average Bonchev–Trinajstić information content (AvgIpc) is 2.56. The smallest absolute Gasteiger partial charge is 0.271 e. The number of primary amides is 1. The predicted molar refractivity (Wildman–Crippen MR) is 85.8 cm³/mol. The summed E-state index contributed by atoms with van der Waals surface area (Å²) in [6.45, 7) is 0. The second-order valence-corrected chi connectivity index (χ2v) is 4.80. The highest BCUT2D eigenvalue weighted by Gasteiger charge is 2.11. The molecule has 0 saturated heterocycles. The fraction of sp³-hybridized carbons (Fsp3) is 0. The summed E-state index contributed by atoms with van der Waals surface area (Å²) in [5, 5.41) is 0. The Morgan fingerprint density at radius 2 is 1.59 bits per heavy atom. The first-order valence-electron chi connectivity index (χ1n) is 6.73. The van der Waals surface area contributed by atoms with Gasteiger partial charge < -0.3 is 11.5 Å². The molecule has 0 aliphatic heterocycles. The van der Waals surface area contributed by atoms with Crippen LogP contribution in [0.25, 0.3) is 22.4 Å². The molecule has 0 saturated carbocycles. The van der Waals surface area contributed by atoms with E-state index in [4.69, 9.17) is 11.5 Å². The number of hydrogen-bond donors (Lipinski definition) is 2. The summed E-state index contributed by atoms with van der Waals surface area (Å²) in [6.07, 6.45) is 1.53. The Morgan fingerprint density at radius 1 is 0.909 bits per heavy atom. The summed E-state index contributed by atoms with van der Waals surface area (Å²) in [6, 6.07) is 17.8. The van der Waals surface area contributed by atoms with Crippen LogP contribution in [0.5, 0.6) is 0 Å². The van der Waals surface area contributed by atoms with Crippen molar-refractivity contribution in [2.24, 2.45) is 5.73 Å². The third kappa shape index (κ3) is 2.64. The van der Waals surface area contributed by atoms with Crippen molar-refractivity contribution < 1.29 is 4.79 Å². The van der Waals surface area contributed by atoms with E-state index in [1.54, 1.807) is 0 Å². The maximum atomic E-state index is 11.3. The van der Waals surface area contributed by atoms with Crippen LogP contribution in [0.4, 0.5) is 5.82 Å². The molecule has 1 heterocycles. The molecule has 0 fully saturated rings. The summed E-state index contributed by atoms with van der Waals surface area (Å²) in [5.41, 5.74) is 14.4. The van der Waals surface area contributed by atoms with Gasteiger partial charge in [-0.25, -0.2) is 9.97 Å². The van der Waals surface area contributed by atoms with Crippen molar-refractivity contribution in [1.29, 1.82) is 0 Å². The average molecular weight is 290 g/mol. The van der Waals surface area contributed by atoms with Gasteiger partial charge in [-0.05, 0) is 17.2 Å². The topological polar surface area (TPSA) is 94.9 Å². The van der Waals surface area contributed by atoms with Crippen LogP contribution in [0.15, 0.2) is 60.8 Å². The number of nitrogen functional groups attached to an aromatic ring is 1. The number of hydrogen-bond acceptors (Lipinski definition) is 4. The first-order valence-corrected chi connectivity index (χ1v) is 6.73. The van der Waals surface area contributed by atoms with Gasteiger partial charge in [0, 0.05) is 5.56 Å². The fourth-order valence-electron chi connectivity index (χ4n) is 2.21. The van der Waals surface area contributed by atoms with Gasteiger partial charge in [0.2, 0.25) is 0 Å². The Morgan fingerprint density at radius 3 is 2.32 bits per heavy atom. The summed E-state index contributed by atoms with van der Waals surface area (Å²) >= 11 is 0. The Balaban J connectivity index is 2.06. The quantitative estimate of drug-likeness (QED) is 0.774. The SMILES string of the molecule is NC(=O)c1nc(-c2cccc(-c3ccccc3)c2)cnc1N. The van der Waals surface area contributed by atoms with Gasteiger partial charge in [0.1, 0.15) is 0 Å². The molecule has 0 aliphatic carbocycles. The van der Waals surface area contributed by atoms with Gasteiger partial charge in [-0.2, -0.15) is 0 Å². The highest BCUT2D eigenvalue weighted by Crippen LogP contribution is 2.25. The Kier molecular flexibility index (Phi) is 3.53. The van der Waals surface area contributed by atoms with Crippen molar-refractivity contribution in [3.63, 3.8) is 0 Å². The van der Waals surface area contributed by atoms with Crippen LogP contribution in [-0.4, -0.2) is 15.9 Å². The van der Waals surface area contributed by atoms with E-state index >= 15 is 0 Å². The minimum absolute atomic E-state index is 0.0115. The van der Waals surface area contributed by atoms with Crippen LogP contribution in [-0.2, 0) is 0 Å². The lowest BCUT2D eigenvalue weighted by Gasteiger charge is -2.07. The lowest BCUT2D eigenvalue weighted by Crippen LogP contribution is -2.17. The molecule has 3 rings (SSSR count). The van der Waals surface area contributed by atoms with Crippen molar-refractivity contribution in [3.05, 3.63) is 66.5 Å². The monoisotopic (exact) mass is 290 g/mol. The van der Waals surface area contributed by atoms with E-state index in [9.17, 15) is 4.79 Å². The van der Waals surface area contributed by atoms with E-state index in [-0.39, 0.29) is 11.5 Å². The van der Waals surface area contributed by atoms with E-state index < -0.39 is 5.91 Å². The third-order valence-corrected chi connectivity index (χ3v) is 3.30. The van der Waals surface area contributed by atoms with Crippen LogP contribution in [0.2, 0.25) is 0 Å². The molecule has 0 bridgehead atoms. The van der Waals surface area contributed by atoms with Gasteiger partial charge in [-0.3, -0.25) is 4.79 Å². The molecule has 1 amide bonds. The van der Waals surface area contributed by atoms with E-state index in [0.717, 1.165) is 16.7 Å². The molecule has 0 atom stereocenters. The Hall–Kier alpha value is -3.21. The minimum Gasteiger partial charge on any atom is -0.382 e. The lowest BCUT2D eigenvalue weighted by atomic mass is 10.0. The molecule has 5 heteroatoms. The molecule has 0 unspecified atom stereocenters. The van der Waals surface area contributed by atoms with E-state index in [1.807, 2.05) is 54.6 Å². The molecular weight excluding hydrogens is 276 g/mol. The number of amides is 1. The van der Waals surface area contributed by atoms with Crippen molar-refractivity contribution in [2.75, 3.05) is 5.73 Å². The van der Waals surface area contributed by atoms with Gasteiger partial charge in [0.05, 0.1) is 11.9 Å². The molecule has 3 aromatic rings. The molecule has 2 aromatic carbocycles. The van der Waals surface area contributed by atoms with Crippen LogP contribution < -0.4 is 11.5 Å². The number of rotatable bonds is 3. The summed E-state index contributed by atoms with van der Waals surface area (Å²) in [5.74, 6) is -0.651. The van der Waals surface area contributed by atoms with Crippen LogP contribution in [0.1, 0.15) is 10.5 Å². The van der Waals surface area contributed by atoms with Gasteiger partial charge in [-0.15, -0.1) is 0 Å². The van der Waals surface area contributed by atoms with Gasteiger partial charge in [0.15, 0.2) is 11.5 Å². The second-order valence-electron chi connectivity index (χ2n) is 4.80. The van der Waals surface area contributed by atoms with Gasteiger partial charge in [0.25, 0.3) is 5.91 Å². The normalized spacial score (nSPS) is 10.4. The first-order chi connectivity index (χ1) is 10.6. The Labute approximate surface area is 127 Å². The summed E-state index contributed by atoms with van der Waals surface area (Å²) in [7, 11) is 0. The zero-order valence-electron chi connectivity index (χ0n) is 11.7. The number of aromatic nitrogens is 2. The van der Waals surface area contributed by atoms with Crippen molar-refractivity contribution in [1.82, 2.24) is 9.97 Å².